The lowest BCUT2D eigenvalue weighted by molar-refractivity contribution is 0.162. The highest BCUT2D eigenvalue weighted by molar-refractivity contribution is 5.28. The maximum absolute atomic E-state index is 14.0. The van der Waals surface area contributed by atoms with Gasteiger partial charge in [0.05, 0.1) is 6.61 Å². The summed E-state index contributed by atoms with van der Waals surface area (Å²) in [6, 6.07) is 6.63. The molecule has 0 aliphatic carbocycles. The SMILES string of the molecule is CCC(CC)CC(CN)(CO)c1ccccc1F. The first-order valence-corrected chi connectivity index (χ1v) is 6.69. The summed E-state index contributed by atoms with van der Waals surface area (Å²) in [6.45, 7) is 4.39. The van der Waals surface area contributed by atoms with Crippen LogP contribution in [0, 0.1) is 11.7 Å². The fourth-order valence-corrected chi connectivity index (χ4v) is 2.54. The smallest absolute Gasteiger partial charge is 0.127 e. The van der Waals surface area contributed by atoms with E-state index in [1.54, 1.807) is 18.2 Å². The van der Waals surface area contributed by atoms with Gasteiger partial charge < -0.3 is 10.8 Å². The monoisotopic (exact) mass is 253 g/mol. The summed E-state index contributed by atoms with van der Waals surface area (Å²) in [6.07, 6.45) is 2.77. The van der Waals surface area contributed by atoms with E-state index >= 15 is 0 Å². The summed E-state index contributed by atoms with van der Waals surface area (Å²) in [5, 5.41) is 9.75. The van der Waals surface area contributed by atoms with E-state index in [1.165, 1.54) is 6.07 Å². The molecule has 18 heavy (non-hydrogen) atoms. The van der Waals surface area contributed by atoms with Gasteiger partial charge in [-0.25, -0.2) is 4.39 Å². The molecule has 0 amide bonds. The molecule has 0 heterocycles. The normalized spacial score (nSPS) is 14.8. The molecule has 0 aliphatic rings. The summed E-state index contributed by atoms with van der Waals surface area (Å²) in [5.41, 5.74) is 5.74. The van der Waals surface area contributed by atoms with Crippen LogP contribution in [-0.2, 0) is 5.41 Å². The molecular weight excluding hydrogens is 229 g/mol. The van der Waals surface area contributed by atoms with E-state index in [-0.39, 0.29) is 19.0 Å². The van der Waals surface area contributed by atoms with E-state index in [4.69, 9.17) is 5.73 Å². The van der Waals surface area contributed by atoms with Crippen molar-refractivity contribution in [1.82, 2.24) is 0 Å². The first-order valence-electron chi connectivity index (χ1n) is 6.69. The highest BCUT2D eigenvalue weighted by Crippen LogP contribution is 2.34. The Labute approximate surface area is 109 Å². The van der Waals surface area contributed by atoms with Crippen LogP contribution in [0.3, 0.4) is 0 Å². The fourth-order valence-electron chi connectivity index (χ4n) is 2.54. The predicted octanol–water partition coefficient (Wildman–Crippen LogP) is 2.84. The molecule has 3 heteroatoms. The number of nitrogens with two attached hydrogens (primary N) is 1. The Balaban J connectivity index is 3.10. The zero-order valence-corrected chi connectivity index (χ0v) is 11.3. The minimum absolute atomic E-state index is 0.110. The van der Waals surface area contributed by atoms with Crippen LogP contribution in [-0.4, -0.2) is 18.3 Å². The van der Waals surface area contributed by atoms with Crippen molar-refractivity contribution in [2.45, 2.75) is 38.5 Å². The number of rotatable bonds is 7. The highest BCUT2D eigenvalue weighted by Gasteiger charge is 2.34. The van der Waals surface area contributed by atoms with Gasteiger partial charge in [-0.1, -0.05) is 44.9 Å². The van der Waals surface area contributed by atoms with E-state index in [0.717, 1.165) is 19.3 Å². The van der Waals surface area contributed by atoms with E-state index in [1.807, 2.05) is 0 Å². The maximum Gasteiger partial charge on any atom is 0.127 e. The lowest BCUT2D eigenvalue weighted by Gasteiger charge is -2.34. The number of halogens is 1. The number of hydrogen-bond donors (Lipinski definition) is 2. The Morgan fingerprint density at radius 3 is 2.33 bits per heavy atom. The lowest BCUT2D eigenvalue weighted by Crippen LogP contribution is -2.41. The average molecular weight is 253 g/mol. The summed E-state index contributed by atoms with van der Waals surface area (Å²) in [5.74, 6) is 0.184. The maximum atomic E-state index is 14.0. The Hall–Kier alpha value is -0.930. The minimum Gasteiger partial charge on any atom is -0.395 e. The van der Waals surface area contributed by atoms with Gasteiger partial charge in [0.1, 0.15) is 5.82 Å². The number of aliphatic hydroxyl groups is 1. The zero-order valence-electron chi connectivity index (χ0n) is 11.3. The third-order valence-electron chi connectivity index (χ3n) is 3.97. The van der Waals surface area contributed by atoms with Gasteiger partial charge in [-0.05, 0) is 24.0 Å². The third kappa shape index (κ3) is 3.09. The molecular formula is C15H24FNO. The van der Waals surface area contributed by atoms with Crippen LogP contribution in [0.4, 0.5) is 4.39 Å². The van der Waals surface area contributed by atoms with Gasteiger partial charge in [-0.2, -0.15) is 0 Å². The zero-order chi connectivity index (χ0) is 13.6. The molecule has 2 nitrogen and oxygen atoms in total. The number of aliphatic hydroxyl groups excluding tert-OH is 1. The van der Waals surface area contributed by atoms with Gasteiger partial charge in [0.25, 0.3) is 0 Å². The Kier molecular flexibility index (Phi) is 5.76. The summed E-state index contributed by atoms with van der Waals surface area (Å²) < 4.78 is 14.0. The topological polar surface area (TPSA) is 46.2 Å². The molecule has 0 saturated carbocycles. The number of hydrogen-bond acceptors (Lipinski definition) is 2. The van der Waals surface area contributed by atoms with Gasteiger partial charge >= 0.3 is 0 Å². The van der Waals surface area contributed by atoms with Crippen molar-refractivity contribution in [3.63, 3.8) is 0 Å². The second-order valence-electron chi connectivity index (χ2n) is 5.01. The first-order chi connectivity index (χ1) is 8.63. The van der Waals surface area contributed by atoms with Crippen molar-refractivity contribution in [3.8, 4) is 0 Å². The van der Waals surface area contributed by atoms with Crippen molar-refractivity contribution in [2.24, 2.45) is 11.7 Å². The van der Waals surface area contributed by atoms with Crippen molar-refractivity contribution >= 4 is 0 Å². The molecule has 3 N–H and O–H groups in total. The molecule has 1 unspecified atom stereocenters. The number of benzene rings is 1. The molecule has 0 radical (unpaired) electrons. The fraction of sp³-hybridized carbons (Fsp3) is 0.600. The van der Waals surface area contributed by atoms with Gasteiger partial charge in [0.15, 0.2) is 0 Å². The predicted molar refractivity (Wildman–Crippen MR) is 72.9 cm³/mol. The molecule has 1 aromatic rings. The van der Waals surface area contributed by atoms with Crippen LogP contribution in [0.5, 0.6) is 0 Å². The van der Waals surface area contributed by atoms with Crippen LogP contribution >= 0.6 is 0 Å². The molecule has 0 aromatic heterocycles. The van der Waals surface area contributed by atoms with Crippen LogP contribution in [0.15, 0.2) is 24.3 Å². The van der Waals surface area contributed by atoms with Crippen molar-refractivity contribution in [2.75, 3.05) is 13.2 Å². The highest BCUT2D eigenvalue weighted by atomic mass is 19.1. The van der Waals surface area contributed by atoms with Crippen molar-refractivity contribution in [1.29, 1.82) is 0 Å². The molecule has 0 bridgehead atoms. The first kappa shape index (κ1) is 15.1. The van der Waals surface area contributed by atoms with Crippen LogP contribution < -0.4 is 5.73 Å². The molecule has 1 aromatic carbocycles. The van der Waals surface area contributed by atoms with Gasteiger partial charge in [0, 0.05) is 12.0 Å². The molecule has 102 valence electrons. The molecule has 0 aliphatic heterocycles. The molecule has 0 fully saturated rings. The molecule has 1 atom stereocenters. The van der Waals surface area contributed by atoms with Gasteiger partial charge in [-0.3, -0.25) is 0 Å². The molecule has 1 rings (SSSR count). The third-order valence-corrected chi connectivity index (χ3v) is 3.97. The van der Waals surface area contributed by atoms with Crippen LogP contribution in [0.2, 0.25) is 0 Å². The van der Waals surface area contributed by atoms with Gasteiger partial charge in [0.2, 0.25) is 0 Å². The van der Waals surface area contributed by atoms with Crippen LogP contribution in [0.1, 0.15) is 38.7 Å². The summed E-state index contributed by atoms with van der Waals surface area (Å²) in [4.78, 5) is 0. The standard InChI is InChI=1S/C15H24FNO/c1-3-12(4-2)9-15(10-17,11-18)13-7-5-6-8-14(13)16/h5-8,12,18H,3-4,9-11,17H2,1-2H3. The quantitative estimate of drug-likeness (QED) is 0.785. The summed E-state index contributed by atoms with van der Waals surface area (Å²) >= 11 is 0. The van der Waals surface area contributed by atoms with E-state index in [9.17, 15) is 9.50 Å². The van der Waals surface area contributed by atoms with Crippen molar-refractivity contribution in [3.05, 3.63) is 35.6 Å². The Bertz CT molecular complexity index is 359. The molecule has 0 spiro atoms. The van der Waals surface area contributed by atoms with Crippen LogP contribution in [0.25, 0.3) is 0 Å². The van der Waals surface area contributed by atoms with Crippen molar-refractivity contribution < 1.29 is 9.50 Å². The largest absolute Gasteiger partial charge is 0.395 e. The second kappa shape index (κ2) is 6.86. The van der Waals surface area contributed by atoms with E-state index in [2.05, 4.69) is 13.8 Å². The Morgan fingerprint density at radius 1 is 1.28 bits per heavy atom. The van der Waals surface area contributed by atoms with E-state index < -0.39 is 5.41 Å². The van der Waals surface area contributed by atoms with E-state index in [0.29, 0.717) is 11.5 Å². The second-order valence-corrected chi connectivity index (χ2v) is 5.01. The average Bonchev–Trinajstić information content (AvgIpc) is 2.42. The Morgan fingerprint density at radius 2 is 1.89 bits per heavy atom. The molecule has 0 saturated heterocycles. The summed E-state index contributed by atoms with van der Waals surface area (Å²) in [7, 11) is 0. The minimum atomic E-state index is -0.651. The van der Waals surface area contributed by atoms with Gasteiger partial charge in [-0.15, -0.1) is 0 Å². The lowest BCUT2D eigenvalue weighted by atomic mass is 9.73.